The van der Waals surface area contributed by atoms with Crippen LogP contribution < -0.4 is 5.32 Å². The van der Waals surface area contributed by atoms with Crippen LogP contribution in [0.3, 0.4) is 0 Å². The molecule has 0 aromatic carbocycles. The van der Waals surface area contributed by atoms with E-state index >= 15 is 0 Å². The molecule has 1 aliphatic heterocycles. The summed E-state index contributed by atoms with van der Waals surface area (Å²) in [5.74, 6) is 0. The summed E-state index contributed by atoms with van der Waals surface area (Å²) in [6.45, 7) is 3.50. The van der Waals surface area contributed by atoms with E-state index < -0.39 is 0 Å². The fraction of sp³-hybridized carbons (Fsp3) is 0.667. The lowest BCUT2D eigenvalue weighted by Crippen LogP contribution is -2.29. The molecule has 16 heavy (non-hydrogen) atoms. The zero-order valence-corrected chi connectivity index (χ0v) is 12.1. The topological polar surface area (TPSA) is 15.3 Å². The monoisotopic (exact) mass is 302 g/mol. The van der Waals surface area contributed by atoms with Crippen molar-refractivity contribution in [3.05, 3.63) is 20.8 Å². The van der Waals surface area contributed by atoms with Crippen molar-refractivity contribution < 1.29 is 0 Å². The van der Waals surface area contributed by atoms with Crippen LogP contribution in [0.15, 0.2) is 15.9 Å². The van der Waals surface area contributed by atoms with Crippen LogP contribution >= 0.6 is 27.3 Å². The molecule has 1 atom stereocenters. The normalized spacial score (nSPS) is 23.2. The number of nitrogens with zero attached hydrogens (tertiary/aromatic N) is 1. The predicted molar refractivity (Wildman–Crippen MR) is 74.0 cm³/mol. The summed E-state index contributed by atoms with van der Waals surface area (Å²) < 4.78 is 1.23. The third kappa shape index (κ3) is 3.84. The molecule has 0 amide bonds. The van der Waals surface area contributed by atoms with Gasteiger partial charge in [-0.05, 0) is 67.5 Å². The first kappa shape index (κ1) is 12.6. The Morgan fingerprint density at radius 2 is 2.31 bits per heavy atom. The second-order valence-corrected chi connectivity index (χ2v) is 7.07. The van der Waals surface area contributed by atoms with Gasteiger partial charge in [-0.3, -0.25) is 0 Å². The Bertz CT molecular complexity index is 327. The fourth-order valence-electron chi connectivity index (χ4n) is 2.14. The molecule has 1 unspecified atom stereocenters. The van der Waals surface area contributed by atoms with Crippen LogP contribution in [0, 0.1) is 0 Å². The summed E-state index contributed by atoms with van der Waals surface area (Å²) in [6.07, 6.45) is 3.92. The van der Waals surface area contributed by atoms with E-state index in [4.69, 9.17) is 0 Å². The molecular formula is C12H19BrN2S. The molecule has 4 heteroatoms. The quantitative estimate of drug-likeness (QED) is 0.923. The van der Waals surface area contributed by atoms with E-state index in [1.807, 2.05) is 11.3 Å². The van der Waals surface area contributed by atoms with Crippen molar-refractivity contribution in [2.45, 2.75) is 31.8 Å². The van der Waals surface area contributed by atoms with Crippen molar-refractivity contribution in [1.29, 1.82) is 0 Å². The zero-order valence-electron chi connectivity index (χ0n) is 9.71. The van der Waals surface area contributed by atoms with E-state index in [2.05, 4.69) is 45.3 Å². The highest BCUT2D eigenvalue weighted by molar-refractivity contribution is 9.11. The summed E-state index contributed by atoms with van der Waals surface area (Å²) in [6, 6.07) is 5.03. The van der Waals surface area contributed by atoms with E-state index in [0.717, 1.165) is 6.54 Å². The summed E-state index contributed by atoms with van der Waals surface area (Å²) in [7, 11) is 2.22. The summed E-state index contributed by atoms with van der Waals surface area (Å²) in [4.78, 5) is 3.85. The molecule has 1 aliphatic rings. The largest absolute Gasteiger partial charge is 0.309 e. The van der Waals surface area contributed by atoms with Crippen molar-refractivity contribution in [3.63, 3.8) is 0 Å². The van der Waals surface area contributed by atoms with Gasteiger partial charge in [0.25, 0.3) is 0 Å². The van der Waals surface area contributed by atoms with E-state index in [1.54, 1.807) is 0 Å². The van der Waals surface area contributed by atoms with Crippen molar-refractivity contribution in [2.24, 2.45) is 0 Å². The second kappa shape index (κ2) is 6.15. The highest BCUT2D eigenvalue weighted by atomic mass is 79.9. The average molecular weight is 303 g/mol. The van der Waals surface area contributed by atoms with Crippen LogP contribution in [0.5, 0.6) is 0 Å². The minimum Gasteiger partial charge on any atom is -0.309 e. The lowest BCUT2D eigenvalue weighted by Gasteiger charge is -2.16. The Morgan fingerprint density at radius 1 is 1.44 bits per heavy atom. The fourth-order valence-corrected chi connectivity index (χ4v) is 3.57. The van der Waals surface area contributed by atoms with Crippen LogP contribution in [0.4, 0.5) is 0 Å². The number of rotatable bonds is 3. The molecule has 0 bridgehead atoms. The van der Waals surface area contributed by atoms with Gasteiger partial charge >= 0.3 is 0 Å². The van der Waals surface area contributed by atoms with Gasteiger partial charge in [0.1, 0.15) is 0 Å². The Morgan fingerprint density at radius 3 is 3.06 bits per heavy atom. The van der Waals surface area contributed by atoms with E-state index in [0.29, 0.717) is 6.04 Å². The van der Waals surface area contributed by atoms with Crippen molar-refractivity contribution in [1.82, 2.24) is 10.2 Å². The first-order valence-electron chi connectivity index (χ1n) is 5.90. The van der Waals surface area contributed by atoms with Gasteiger partial charge in [0.15, 0.2) is 0 Å². The molecule has 1 fully saturated rings. The summed E-state index contributed by atoms with van der Waals surface area (Å²) in [5.41, 5.74) is 0. The number of hydrogen-bond acceptors (Lipinski definition) is 3. The van der Waals surface area contributed by atoms with E-state index in [9.17, 15) is 0 Å². The Hall–Kier alpha value is 0.1000. The number of halogens is 1. The Balaban J connectivity index is 1.77. The molecule has 2 rings (SSSR count). The molecule has 0 radical (unpaired) electrons. The maximum Gasteiger partial charge on any atom is 0.0701 e. The second-order valence-electron chi connectivity index (χ2n) is 4.52. The van der Waals surface area contributed by atoms with Gasteiger partial charge in [0.05, 0.1) is 3.79 Å². The molecule has 0 spiro atoms. The van der Waals surface area contributed by atoms with Crippen molar-refractivity contribution >= 4 is 27.3 Å². The summed E-state index contributed by atoms with van der Waals surface area (Å²) >= 11 is 5.33. The van der Waals surface area contributed by atoms with Gasteiger partial charge in [-0.2, -0.15) is 0 Å². The molecule has 0 saturated carbocycles. The molecular weight excluding hydrogens is 284 g/mol. The van der Waals surface area contributed by atoms with Crippen LogP contribution in [-0.4, -0.2) is 31.1 Å². The van der Waals surface area contributed by atoms with Crippen LogP contribution in [0.25, 0.3) is 0 Å². The van der Waals surface area contributed by atoms with Crippen LogP contribution in [-0.2, 0) is 6.54 Å². The number of likely N-dealkylation sites (tertiary alicyclic amines) is 1. The van der Waals surface area contributed by atoms with Gasteiger partial charge < -0.3 is 10.2 Å². The third-order valence-electron chi connectivity index (χ3n) is 3.15. The van der Waals surface area contributed by atoms with Crippen LogP contribution in [0.2, 0.25) is 0 Å². The van der Waals surface area contributed by atoms with Crippen molar-refractivity contribution in [2.75, 3.05) is 20.1 Å². The highest BCUT2D eigenvalue weighted by Crippen LogP contribution is 2.22. The molecule has 0 aliphatic carbocycles. The van der Waals surface area contributed by atoms with Gasteiger partial charge in [0.2, 0.25) is 0 Å². The first-order valence-corrected chi connectivity index (χ1v) is 7.51. The zero-order chi connectivity index (χ0) is 11.4. The SMILES string of the molecule is CN1CCCC(NCc2ccc(Br)s2)CC1. The van der Waals surface area contributed by atoms with Gasteiger partial charge in [0, 0.05) is 17.5 Å². The molecule has 1 saturated heterocycles. The highest BCUT2D eigenvalue weighted by Gasteiger charge is 2.14. The first-order chi connectivity index (χ1) is 7.74. The molecule has 90 valence electrons. The van der Waals surface area contributed by atoms with Gasteiger partial charge in [-0.15, -0.1) is 11.3 Å². The lowest BCUT2D eigenvalue weighted by molar-refractivity contribution is 0.343. The minimum atomic E-state index is 0.700. The molecule has 1 aromatic heterocycles. The smallest absolute Gasteiger partial charge is 0.0701 e. The molecule has 1 N–H and O–H groups in total. The van der Waals surface area contributed by atoms with E-state index in [-0.39, 0.29) is 0 Å². The maximum absolute atomic E-state index is 3.67. The predicted octanol–water partition coefficient (Wildman–Crippen LogP) is 3.08. The molecule has 1 aromatic rings. The standard InChI is InChI=1S/C12H19BrN2S/c1-15-7-2-3-10(6-8-15)14-9-11-4-5-12(13)16-11/h4-5,10,14H,2-3,6-9H2,1H3. The van der Waals surface area contributed by atoms with Crippen molar-refractivity contribution in [3.8, 4) is 0 Å². The third-order valence-corrected chi connectivity index (χ3v) is 4.77. The summed E-state index contributed by atoms with van der Waals surface area (Å²) in [5, 5.41) is 3.67. The Kier molecular flexibility index (Phi) is 4.82. The lowest BCUT2D eigenvalue weighted by atomic mass is 10.1. The van der Waals surface area contributed by atoms with Gasteiger partial charge in [-0.1, -0.05) is 0 Å². The average Bonchev–Trinajstić information content (AvgIpc) is 2.56. The maximum atomic E-state index is 3.67. The number of thiophene rings is 1. The molecule has 2 heterocycles. The molecule has 2 nitrogen and oxygen atoms in total. The number of nitrogens with one attached hydrogen (secondary N) is 1. The van der Waals surface area contributed by atoms with Crippen LogP contribution in [0.1, 0.15) is 24.1 Å². The minimum absolute atomic E-state index is 0.700. The van der Waals surface area contributed by atoms with E-state index in [1.165, 1.54) is 41.0 Å². The Labute approximate surface area is 110 Å². The van der Waals surface area contributed by atoms with Gasteiger partial charge in [-0.25, -0.2) is 0 Å². The number of hydrogen-bond donors (Lipinski definition) is 1.